The van der Waals surface area contributed by atoms with Gasteiger partial charge in [-0.25, -0.2) is 9.97 Å². The average molecular weight is 226 g/mol. The highest BCUT2D eigenvalue weighted by Gasteiger charge is 2.06. The zero-order valence-electron chi connectivity index (χ0n) is 7.91. The fourth-order valence-electron chi connectivity index (χ4n) is 0.905. The summed E-state index contributed by atoms with van der Waals surface area (Å²) in [5.74, 6) is 1.24. The average Bonchev–Trinajstić information content (AvgIpc) is 2.75. The SMILES string of the molecule is CC(C)c1ncn(Sc2nccs2)n1. The van der Waals surface area contributed by atoms with Gasteiger partial charge in [0.05, 0.1) is 0 Å². The zero-order chi connectivity index (χ0) is 9.97. The number of nitrogens with zero attached hydrogens (tertiary/aromatic N) is 4. The molecule has 6 heteroatoms. The molecule has 14 heavy (non-hydrogen) atoms. The number of aromatic nitrogens is 4. The summed E-state index contributed by atoms with van der Waals surface area (Å²) in [6, 6.07) is 0. The Balaban J connectivity index is 2.11. The molecule has 0 amide bonds. The van der Waals surface area contributed by atoms with E-state index >= 15 is 0 Å². The lowest BCUT2D eigenvalue weighted by atomic mass is 10.2. The molecule has 0 N–H and O–H groups in total. The van der Waals surface area contributed by atoms with Gasteiger partial charge in [-0.05, 0) is 0 Å². The molecule has 0 aliphatic heterocycles. The molecule has 0 saturated carbocycles. The molecular weight excluding hydrogens is 216 g/mol. The third-order valence-electron chi connectivity index (χ3n) is 1.59. The number of rotatable bonds is 3. The molecule has 74 valence electrons. The Bertz CT molecular complexity index is 393. The summed E-state index contributed by atoms with van der Waals surface area (Å²) in [7, 11) is 0. The predicted octanol–water partition coefficient (Wildman–Crippen LogP) is 2.41. The highest BCUT2D eigenvalue weighted by atomic mass is 32.2. The van der Waals surface area contributed by atoms with Gasteiger partial charge in [0.1, 0.15) is 6.33 Å². The fourth-order valence-corrected chi connectivity index (χ4v) is 2.32. The lowest BCUT2D eigenvalue weighted by Gasteiger charge is -1.96. The van der Waals surface area contributed by atoms with Crippen LogP contribution in [-0.2, 0) is 0 Å². The highest BCUT2D eigenvalue weighted by Crippen LogP contribution is 2.21. The number of hydrogen-bond donors (Lipinski definition) is 0. The molecule has 0 spiro atoms. The third-order valence-corrected chi connectivity index (χ3v) is 3.29. The van der Waals surface area contributed by atoms with Crippen LogP contribution in [0.3, 0.4) is 0 Å². The van der Waals surface area contributed by atoms with E-state index in [0.717, 1.165) is 10.2 Å². The van der Waals surface area contributed by atoms with E-state index in [9.17, 15) is 0 Å². The summed E-state index contributed by atoms with van der Waals surface area (Å²) in [6.45, 7) is 4.15. The minimum Gasteiger partial charge on any atom is -0.237 e. The molecule has 0 bridgehead atoms. The van der Waals surface area contributed by atoms with Crippen LogP contribution in [0.25, 0.3) is 0 Å². The molecule has 0 aliphatic carbocycles. The van der Waals surface area contributed by atoms with Crippen molar-refractivity contribution in [2.75, 3.05) is 0 Å². The summed E-state index contributed by atoms with van der Waals surface area (Å²) < 4.78 is 2.72. The Hall–Kier alpha value is -0.880. The van der Waals surface area contributed by atoms with Gasteiger partial charge in [0.2, 0.25) is 0 Å². The van der Waals surface area contributed by atoms with Crippen molar-refractivity contribution in [2.24, 2.45) is 0 Å². The molecule has 0 unspecified atom stereocenters. The van der Waals surface area contributed by atoms with Gasteiger partial charge in [0.25, 0.3) is 0 Å². The maximum atomic E-state index is 4.32. The molecule has 2 rings (SSSR count). The molecule has 4 nitrogen and oxygen atoms in total. The van der Waals surface area contributed by atoms with Gasteiger partial charge in [-0.2, -0.15) is 4.09 Å². The Morgan fingerprint density at radius 1 is 1.43 bits per heavy atom. The number of thiazole rings is 1. The second-order valence-corrected chi connectivity index (χ2v) is 5.15. The van der Waals surface area contributed by atoms with Crippen molar-refractivity contribution in [3.63, 3.8) is 0 Å². The van der Waals surface area contributed by atoms with Gasteiger partial charge in [-0.3, -0.25) is 0 Å². The standard InChI is InChI=1S/C8H10N4S2/c1-6(2)7-10-5-12(11-7)14-8-9-3-4-13-8/h3-6H,1-2H3. The van der Waals surface area contributed by atoms with Gasteiger partial charge >= 0.3 is 0 Å². The van der Waals surface area contributed by atoms with Crippen molar-refractivity contribution >= 4 is 23.3 Å². The van der Waals surface area contributed by atoms with E-state index in [4.69, 9.17) is 0 Å². The smallest absolute Gasteiger partial charge is 0.172 e. The van der Waals surface area contributed by atoms with Gasteiger partial charge in [0.15, 0.2) is 10.2 Å². The Labute approximate surface area is 90.5 Å². The van der Waals surface area contributed by atoms with Crippen molar-refractivity contribution in [3.8, 4) is 0 Å². The monoisotopic (exact) mass is 226 g/mol. The molecule has 0 fully saturated rings. The normalized spacial score (nSPS) is 11.1. The zero-order valence-corrected chi connectivity index (χ0v) is 9.55. The maximum Gasteiger partial charge on any atom is 0.172 e. The first kappa shape index (κ1) is 9.67. The highest BCUT2D eigenvalue weighted by molar-refractivity contribution is 7.99. The molecular formula is C8H10N4S2. The first-order chi connectivity index (χ1) is 6.75. The predicted molar refractivity (Wildman–Crippen MR) is 57.5 cm³/mol. The molecule has 0 radical (unpaired) electrons. The van der Waals surface area contributed by atoms with Crippen molar-refractivity contribution < 1.29 is 0 Å². The van der Waals surface area contributed by atoms with E-state index in [-0.39, 0.29) is 0 Å². The Kier molecular flexibility index (Phi) is 2.83. The number of hydrogen-bond acceptors (Lipinski definition) is 5. The molecule has 2 heterocycles. The first-order valence-corrected chi connectivity index (χ1v) is 5.90. The maximum absolute atomic E-state index is 4.32. The van der Waals surface area contributed by atoms with Crippen LogP contribution in [0.15, 0.2) is 22.2 Å². The Morgan fingerprint density at radius 3 is 2.86 bits per heavy atom. The minimum absolute atomic E-state index is 0.369. The van der Waals surface area contributed by atoms with E-state index in [2.05, 4.69) is 28.9 Å². The van der Waals surface area contributed by atoms with Gasteiger partial charge in [0, 0.05) is 29.4 Å². The van der Waals surface area contributed by atoms with Crippen molar-refractivity contribution in [1.82, 2.24) is 19.2 Å². The summed E-state index contributed by atoms with van der Waals surface area (Å²) in [6.07, 6.45) is 3.51. The van der Waals surface area contributed by atoms with E-state index in [0.29, 0.717) is 5.92 Å². The van der Waals surface area contributed by atoms with Crippen LogP contribution < -0.4 is 0 Å². The Morgan fingerprint density at radius 2 is 2.29 bits per heavy atom. The van der Waals surface area contributed by atoms with Crippen LogP contribution in [0, 0.1) is 0 Å². The van der Waals surface area contributed by atoms with Crippen molar-refractivity contribution in [1.29, 1.82) is 0 Å². The second kappa shape index (κ2) is 4.10. The van der Waals surface area contributed by atoms with Crippen LogP contribution in [0.2, 0.25) is 0 Å². The van der Waals surface area contributed by atoms with Crippen LogP contribution in [0.1, 0.15) is 25.6 Å². The van der Waals surface area contributed by atoms with Gasteiger partial charge in [-0.15, -0.1) is 16.4 Å². The summed E-state index contributed by atoms with van der Waals surface area (Å²) in [5, 5.41) is 6.27. The molecule has 0 aromatic carbocycles. The topological polar surface area (TPSA) is 43.6 Å². The molecule has 0 aliphatic rings. The van der Waals surface area contributed by atoms with Crippen molar-refractivity contribution in [2.45, 2.75) is 24.1 Å². The second-order valence-electron chi connectivity index (χ2n) is 3.05. The quantitative estimate of drug-likeness (QED) is 0.806. The van der Waals surface area contributed by atoms with Crippen molar-refractivity contribution in [3.05, 3.63) is 23.7 Å². The fraction of sp³-hybridized carbons (Fsp3) is 0.375. The van der Waals surface area contributed by atoms with Crippen LogP contribution >= 0.6 is 23.3 Å². The molecule has 2 aromatic rings. The van der Waals surface area contributed by atoms with Gasteiger partial charge in [-0.1, -0.05) is 13.8 Å². The van der Waals surface area contributed by atoms with Crippen LogP contribution in [0.4, 0.5) is 0 Å². The van der Waals surface area contributed by atoms with Gasteiger partial charge < -0.3 is 0 Å². The van der Waals surface area contributed by atoms with E-state index in [1.54, 1.807) is 27.9 Å². The van der Waals surface area contributed by atoms with E-state index in [1.165, 1.54) is 11.9 Å². The lowest BCUT2D eigenvalue weighted by Crippen LogP contribution is -1.92. The summed E-state index contributed by atoms with van der Waals surface area (Å²) >= 11 is 3.08. The van der Waals surface area contributed by atoms with Crippen LogP contribution in [0.5, 0.6) is 0 Å². The summed E-state index contributed by atoms with van der Waals surface area (Å²) in [5.41, 5.74) is 0. The summed E-state index contributed by atoms with van der Waals surface area (Å²) in [4.78, 5) is 8.36. The van der Waals surface area contributed by atoms with E-state index < -0.39 is 0 Å². The molecule has 2 aromatic heterocycles. The molecule has 0 saturated heterocycles. The largest absolute Gasteiger partial charge is 0.237 e. The third kappa shape index (κ3) is 2.13. The van der Waals surface area contributed by atoms with Crippen LogP contribution in [-0.4, -0.2) is 19.2 Å². The van der Waals surface area contributed by atoms with E-state index in [1.807, 2.05) is 5.38 Å². The lowest BCUT2D eigenvalue weighted by molar-refractivity contribution is 0.774. The minimum atomic E-state index is 0.369. The molecule has 0 atom stereocenters. The first-order valence-electron chi connectivity index (χ1n) is 4.25.